The third-order valence-corrected chi connectivity index (χ3v) is 3.72. The number of pyridine rings is 1. The molecule has 0 fully saturated rings. The van der Waals surface area contributed by atoms with Gasteiger partial charge in [-0.1, -0.05) is 0 Å². The first-order valence-electron chi connectivity index (χ1n) is 8.14. The van der Waals surface area contributed by atoms with Gasteiger partial charge in [-0.05, 0) is 42.8 Å². The number of halogens is 3. The summed E-state index contributed by atoms with van der Waals surface area (Å²) < 4.78 is 46.5. The lowest BCUT2D eigenvalue weighted by Gasteiger charge is -2.09. The topological polar surface area (TPSA) is 79.1 Å². The van der Waals surface area contributed by atoms with Crippen LogP contribution in [0.5, 0.6) is 5.75 Å². The van der Waals surface area contributed by atoms with Crippen LogP contribution in [0.4, 0.5) is 13.2 Å². The molecule has 0 atom stereocenters. The van der Waals surface area contributed by atoms with Gasteiger partial charge in [0.05, 0.1) is 18.4 Å². The van der Waals surface area contributed by atoms with Gasteiger partial charge in [-0.2, -0.15) is 5.10 Å². The molecular formula is C18H15F3N4O3. The van der Waals surface area contributed by atoms with Gasteiger partial charge in [0.25, 0.3) is 0 Å². The highest BCUT2D eigenvalue weighted by molar-refractivity contribution is 5.88. The number of alkyl halides is 3. The first kappa shape index (κ1) is 19.3. The first-order chi connectivity index (χ1) is 13.3. The lowest BCUT2D eigenvalue weighted by molar-refractivity contribution is -0.274. The fourth-order valence-corrected chi connectivity index (χ4v) is 2.39. The van der Waals surface area contributed by atoms with Crippen LogP contribution in [0.2, 0.25) is 0 Å². The van der Waals surface area contributed by atoms with Crippen molar-refractivity contribution in [3.8, 4) is 11.4 Å². The predicted octanol–water partition coefficient (Wildman–Crippen LogP) is 3.13. The molecule has 10 heteroatoms. The van der Waals surface area contributed by atoms with Crippen LogP contribution < -0.4 is 4.74 Å². The summed E-state index contributed by atoms with van der Waals surface area (Å²) >= 11 is 0. The number of hydrogen-bond acceptors (Lipinski definition) is 6. The van der Waals surface area contributed by atoms with Crippen molar-refractivity contribution in [3.63, 3.8) is 0 Å². The Morgan fingerprint density at radius 1 is 1.07 bits per heavy atom. The van der Waals surface area contributed by atoms with Crippen molar-refractivity contribution in [3.05, 3.63) is 66.0 Å². The Morgan fingerprint density at radius 3 is 2.43 bits per heavy atom. The molecule has 2 heterocycles. The van der Waals surface area contributed by atoms with Crippen LogP contribution >= 0.6 is 0 Å². The second kappa shape index (κ2) is 8.07. The second-order valence-electron chi connectivity index (χ2n) is 5.68. The van der Waals surface area contributed by atoms with Crippen molar-refractivity contribution in [2.45, 2.75) is 19.2 Å². The molecule has 0 radical (unpaired) electrons. The summed E-state index contributed by atoms with van der Waals surface area (Å²) in [6, 6.07) is 8.67. The summed E-state index contributed by atoms with van der Waals surface area (Å²) in [4.78, 5) is 19.8. The number of rotatable bonds is 6. The zero-order chi connectivity index (χ0) is 20.1. The van der Waals surface area contributed by atoms with Gasteiger partial charge in [0, 0.05) is 18.3 Å². The van der Waals surface area contributed by atoms with Crippen LogP contribution in [0.1, 0.15) is 21.9 Å². The quantitative estimate of drug-likeness (QED) is 0.600. The van der Waals surface area contributed by atoms with Crippen LogP contribution in [-0.4, -0.2) is 39.2 Å². The van der Waals surface area contributed by atoms with Gasteiger partial charge in [0.1, 0.15) is 12.1 Å². The number of benzene rings is 1. The number of carbonyl (C=O) groups excluding carboxylic acids is 1. The van der Waals surface area contributed by atoms with Crippen molar-refractivity contribution >= 4 is 5.97 Å². The number of nitrogens with zero attached hydrogens (tertiary/aromatic N) is 4. The Balaban J connectivity index is 1.60. The number of ether oxygens (including phenoxy) is 2. The summed E-state index contributed by atoms with van der Waals surface area (Å²) in [7, 11) is 1.30. The minimum Gasteiger partial charge on any atom is -0.465 e. The fraction of sp³-hybridized carbons (Fsp3) is 0.222. The maximum Gasteiger partial charge on any atom is 0.573 e. The Hall–Kier alpha value is -3.43. The predicted molar refractivity (Wildman–Crippen MR) is 91.0 cm³/mol. The molecule has 0 N–H and O–H groups in total. The van der Waals surface area contributed by atoms with E-state index in [-0.39, 0.29) is 5.75 Å². The molecule has 2 aromatic heterocycles. The number of carbonyl (C=O) groups is 1. The van der Waals surface area contributed by atoms with Crippen molar-refractivity contribution in [2.24, 2.45) is 0 Å². The number of esters is 1. The van der Waals surface area contributed by atoms with Crippen LogP contribution in [0.3, 0.4) is 0 Å². The highest BCUT2D eigenvalue weighted by atomic mass is 19.4. The third-order valence-electron chi connectivity index (χ3n) is 3.72. The molecule has 0 saturated heterocycles. The van der Waals surface area contributed by atoms with Crippen molar-refractivity contribution < 1.29 is 27.4 Å². The Morgan fingerprint density at radius 2 is 1.82 bits per heavy atom. The van der Waals surface area contributed by atoms with E-state index in [2.05, 4.69) is 24.5 Å². The zero-order valence-electron chi connectivity index (χ0n) is 14.7. The SMILES string of the molecule is COC(=O)c1ccc(CCc2ncn(-c3ccc(OC(F)(F)F)cc3)n2)nc1. The molecule has 0 bridgehead atoms. The van der Waals surface area contributed by atoms with Gasteiger partial charge in [0.2, 0.25) is 0 Å². The van der Waals surface area contributed by atoms with Gasteiger partial charge in [0.15, 0.2) is 5.82 Å². The van der Waals surface area contributed by atoms with Crippen molar-refractivity contribution in [1.29, 1.82) is 0 Å². The molecule has 3 rings (SSSR count). The lowest BCUT2D eigenvalue weighted by Crippen LogP contribution is -2.17. The maximum atomic E-state index is 12.2. The van der Waals surface area contributed by atoms with Gasteiger partial charge >= 0.3 is 12.3 Å². The van der Waals surface area contributed by atoms with Crippen LogP contribution in [0.25, 0.3) is 5.69 Å². The standard InChI is InChI=1S/C18H15F3N4O3/c1-27-17(26)12-2-3-13(22-10-12)4-9-16-23-11-25(24-16)14-5-7-15(8-6-14)28-18(19,20)21/h2-3,5-8,10-11H,4,9H2,1H3. The van der Waals surface area contributed by atoms with E-state index in [4.69, 9.17) is 0 Å². The van der Waals surface area contributed by atoms with E-state index in [1.807, 2.05) is 0 Å². The Kier molecular flexibility index (Phi) is 5.57. The number of methoxy groups -OCH3 is 1. The minimum atomic E-state index is -4.73. The molecule has 28 heavy (non-hydrogen) atoms. The number of hydrogen-bond donors (Lipinski definition) is 0. The van der Waals surface area contributed by atoms with Gasteiger partial charge in [-0.3, -0.25) is 4.98 Å². The fourth-order valence-electron chi connectivity index (χ4n) is 2.39. The summed E-state index contributed by atoms with van der Waals surface area (Å²) in [5, 5.41) is 4.30. The lowest BCUT2D eigenvalue weighted by atomic mass is 10.2. The average molecular weight is 392 g/mol. The summed E-state index contributed by atoms with van der Waals surface area (Å²) in [6.07, 6.45) is -0.748. The molecule has 0 aliphatic carbocycles. The Bertz CT molecular complexity index is 938. The molecule has 3 aromatic rings. The smallest absolute Gasteiger partial charge is 0.465 e. The van der Waals surface area contributed by atoms with Crippen LogP contribution in [-0.2, 0) is 17.6 Å². The van der Waals surface area contributed by atoms with Crippen LogP contribution in [0.15, 0.2) is 48.9 Å². The molecule has 0 spiro atoms. The molecule has 0 unspecified atom stereocenters. The molecule has 146 valence electrons. The molecule has 7 nitrogen and oxygen atoms in total. The first-order valence-corrected chi connectivity index (χ1v) is 8.14. The number of aryl methyl sites for hydroxylation is 2. The molecule has 0 aliphatic heterocycles. The summed E-state index contributed by atoms with van der Waals surface area (Å²) in [5.41, 5.74) is 1.68. The highest BCUT2D eigenvalue weighted by Crippen LogP contribution is 2.23. The van der Waals surface area contributed by atoms with Gasteiger partial charge in [-0.25, -0.2) is 14.5 Å². The average Bonchev–Trinajstić information content (AvgIpc) is 3.14. The molecule has 0 amide bonds. The highest BCUT2D eigenvalue weighted by Gasteiger charge is 2.30. The van der Waals surface area contributed by atoms with E-state index in [0.29, 0.717) is 29.9 Å². The summed E-state index contributed by atoms with van der Waals surface area (Å²) in [6.45, 7) is 0. The van der Waals surface area contributed by atoms with E-state index in [1.54, 1.807) is 12.1 Å². The monoisotopic (exact) mass is 392 g/mol. The molecular weight excluding hydrogens is 377 g/mol. The minimum absolute atomic E-state index is 0.307. The van der Waals surface area contributed by atoms with E-state index in [1.165, 1.54) is 48.6 Å². The molecule has 1 aromatic carbocycles. The normalized spacial score (nSPS) is 11.3. The zero-order valence-corrected chi connectivity index (χ0v) is 14.7. The summed E-state index contributed by atoms with van der Waals surface area (Å²) in [5.74, 6) is -0.210. The molecule has 0 saturated carbocycles. The van der Waals surface area contributed by atoms with Crippen molar-refractivity contribution in [1.82, 2.24) is 19.7 Å². The van der Waals surface area contributed by atoms with Gasteiger partial charge in [-0.15, -0.1) is 13.2 Å². The van der Waals surface area contributed by atoms with E-state index in [9.17, 15) is 18.0 Å². The van der Waals surface area contributed by atoms with E-state index >= 15 is 0 Å². The largest absolute Gasteiger partial charge is 0.573 e. The Labute approximate surface area is 157 Å². The molecule has 0 aliphatic rings. The van der Waals surface area contributed by atoms with E-state index < -0.39 is 12.3 Å². The third kappa shape index (κ3) is 5.06. The van der Waals surface area contributed by atoms with Crippen molar-refractivity contribution in [2.75, 3.05) is 7.11 Å². The van der Waals surface area contributed by atoms with Gasteiger partial charge < -0.3 is 9.47 Å². The second-order valence-corrected chi connectivity index (χ2v) is 5.68. The van der Waals surface area contributed by atoms with E-state index in [0.717, 1.165) is 5.69 Å². The van der Waals surface area contributed by atoms with Crippen LogP contribution in [0, 0.1) is 0 Å². The maximum absolute atomic E-state index is 12.2. The number of aromatic nitrogens is 4.